The number of carbonyl (C=O) groups excluding carboxylic acids is 2. The number of rotatable bonds is 9. The highest BCUT2D eigenvalue weighted by Gasteiger charge is 2.52. The number of hydrogen-bond donors (Lipinski definition) is 2. The summed E-state index contributed by atoms with van der Waals surface area (Å²) in [5.41, 5.74) is 2.67. The molecule has 3 unspecified atom stereocenters. The van der Waals surface area contributed by atoms with E-state index in [-0.39, 0.29) is 11.8 Å². The maximum absolute atomic E-state index is 11.5. The number of carbonyl (C=O) groups is 2. The van der Waals surface area contributed by atoms with Gasteiger partial charge in [-0.2, -0.15) is 0 Å². The topological polar surface area (TPSA) is 76.7 Å². The van der Waals surface area contributed by atoms with Crippen LogP contribution in [-0.2, 0) is 19.1 Å². The van der Waals surface area contributed by atoms with Crippen LogP contribution < -0.4 is 10.6 Å². The zero-order valence-corrected chi connectivity index (χ0v) is 18.9. The zero-order chi connectivity index (χ0) is 22.8. The molecular formula is C25H34N2O4. The number of aldehydes is 1. The predicted octanol–water partition coefficient (Wildman–Crippen LogP) is 2.64. The first-order valence-corrected chi connectivity index (χ1v) is 10.5. The zero-order valence-electron chi connectivity index (χ0n) is 18.9. The molecule has 0 radical (unpaired) electrons. The predicted molar refractivity (Wildman–Crippen MR) is 123 cm³/mol. The van der Waals surface area contributed by atoms with Gasteiger partial charge in [0.15, 0.2) is 0 Å². The van der Waals surface area contributed by atoms with E-state index >= 15 is 0 Å². The molecule has 2 N–H and O–H groups in total. The van der Waals surface area contributed by atoms with Gasteiger partial charge >= 0.3 is 0 Å². The molecule has 0 spiro atoms. The van der Waals surface area contributed by atoms with Gasteiger partial charge in [-0.1, -0.05) is 36.9 Å². The Morgan fingerprint density at radius 3 is 2.35 bits per heavy atom. The van der Waals surface area contributed by atoms with Crippen LogP contribution in [-0.4, -0.2) is 59.3 Å². The lowest BCUT2D eigenvalue weighted by Crippen LogP contribution is -2.18. The van der Waals surface area contributed by atoms with Crippen molar-refractivity contribution in [3.8, 4) is 0 Å². The summed E-state index contributed by atoms with van der Waals surface area (Å²) in [6.07, 6.45) is 3.95. The van der Waals surface area contributed by atoms with Crippen LogP contribution in [0.5, 0.6) is 0 Å². The number of hydrogen-bond acceptors (Lipinski definition) is 5. The second kappa shape index (κ2) is 12.3. The highest BCUT2D eigenvalue weighted by molar-refractivity contribution is 5.95. The van der Waals surface area contributed by atoms with E-state index in [0.29, 0.717) is 24.0 Å². The minimum Gasteiger partial charge on any atom is -0.384 e. The second-order valence-corrected chi connectivity index (χ2v) is 7.84. The fourth-order valence-electron chi connectivity index (χ4n) is 3.87. The molecule has 1 aromatic carbocycles. The molecule has 6 heteroatoms. The number of allylic oxidation sites excluding steroid dienone is 3. The monoisotopic (exact) mass is 426 g/mol. The summed E-state index contributed by atoms with van der Waals surface area (Å²) in [4.78, 5) is 22.8. The molecule has 168 valence electrons. The molecule has 1 aromatic rings. The van der Waals surface area contributed by atoms with Gasteiger partial charge in [0.2, 0.25) is 5.91 Å². The lowest BCUT2D eigenvalue weighted by atomic mass is 9.91. The van der Waals surface area contributed by atoms with Gasteiger partial charge in [-0.3, -0.25) is 9.59 Å². The van der Waals surface area contributed by atoms with Crippen LogP contribution in [0, 0.1) is 11.8 Å². The van der Waals surface area contributed by atoms with Crippen molar-refractivity contribution in [2.75, 3.05) is 41.0 Å². The Labute approximate surface area is 185 Å². The molecule has 0 aromatic heterocycles. The van der Waals surface area contributed by atoms with Crippen LogP contribution in [0.3, 0.4) is 0 Å². The van der Waals surface area contributed by atoms with E-state index in [0.717, 1.165) is 42.2 Å². The normalized spacial score (nSPS) is 23.2. The maximum Gasteiger partial charge on any atom is 0.246 e. The minimum atomic E-state index is -0.222. The van der Waals surface area contributed by atoms with Crippen molar-refractivity contribution < 1.29 is 19.1 Å². The summed E-state index contributed by atoms with van der Waals surface area (Å²) < 4.78 is 10.5. The standard InChI is InChI=1S/C19H23NO3.C6H11NO/c1-14(10-16(12-21)11-15(2)19(22)20-3)18(13-23-4)17-8-6-5-7-9-17;1-7-6-4-2-8-3-5(4)6/h5-12,18H,1,13H2,2-4H3,(H,20,22);4-7H,2-3H2,1H3/b15-11+,16-10+;. The Kier molecular flexibility index (Phi) is 9.85. The van der Waals surface area contributed by atoms with Crippen molar-refractivity contribution in [1.29, 1.82) is 0 Å². The van der Waals surface area contributed by atoms with Crippen LogP contribution in [0.25, 0.3) is 0 Å². The molecule has 6 nitrogen and oxygen atoms in total. The van der Waals surface area contributed by atoms with Gasteiger partial charge in [0.1, 0.15) is 6.29 Å². The Morgan fingerprint density at radius 2 is 1.87 bits per heavy atom. The van der Waals surface area contributed by atoms with Crippen molar-refractivity contribution in [2.45, 2.75) is 18.9 Å². The fourth-order valence-corrected chi connectivity index (χ4v) is 3.87. The molecule has 1 saturated carbocycles. The van der Waals surface area contributed by atoms with E-state index in [1.807, 2.05) is 37.4 Å². The summed E-state index contributed by atoms with van der Waals surface area (Å²) >= 11 is 0. The SMILES string of the molecule is C=C(/C=C(C=O)\C=C(/C)C(=O)NC)C(COC)c1ccccc1.CNC1C2COCC21. The number of benzene rings is 1. The first-order valence-electron chi connectivity index (χ1n) is 10.5. The fraction of sp³-hybridized carbons (Fsp3) is 0.440. The third-order valence-corrected chi connectivity index (χ3v) is 5.72. The Bertz CT molecular complexity index is 799. The molecule has 31 heavy (non-hydrogen) atoms. The molecule has 2 aliphatic rings. The lowest BCUT2D eigenvalue weighted by molar-refractivity contribution is -0.117. The first kappa shape index (κ1) is 24.7. The van der Waals surface area contributed by atoms with Crippen molar-refractivity contribution in [1.82, 2.24) is 10.6 Å². The molecule has 2 fully saturated rings. The van der Waals surface area contributed by atoms with Crippen molar-refractivity contribution >= 4 is 12.2 Å². The lowest BCUT2D eigenvalue weighted by Gasteiger charge is -2.17. The Morgan fingerprint density at radius 1 is 1.23 bits per heavy atom. The quantitative estimate of drug-likeness (QED) is 0.361. The molecule has 3 atom stereocenters. The van der Waals surface area contributed by atoms with Crippen LogP contribution in [0.15, 0.2) is 65.8 Å². The van der Waals surface area contributed by atoms with Crippen LogP contribution >= 0.6 is 0 Å². The second-order valence-electron chi connectivity index (χ2n) is 7.84. The number of nitrogens with one attached hydrogen (secondary N) is 2. The van der Waals surface area contributed by atoms with Gasteiger partial charge in [0.25, 0.3) is 0 Å². The van der Waals surface area contributed by atoms with Gasteiger partial charge in [0, 0.05) is 49.1 Å². The molecule has 1 saturated heterocycles. The van der Waals surface area contributed by atoms with Crippen molar-refractivity contribution in [2.24, 2.45) is 11.8 Å². The first-order chi connectivity index (χ1) is 15.0. The number of amides is 1. The smallest absolute Gasteiger partial charge is 0.246 e. The van der Waals surface area contributed by atoms with E-state index in [9.17, 15) is 9.59 Å². The van der Waals surface area contributed by atoms with Gasteiger partial charge in [0.05, 0.1) is 19.8 Å². The van der Waals surface area contributed by atoms with E-state index in [1.165, 1.54) is 0 Å². The van der Waals surface area contributed by atoms with Crippen LogP contribution in [0.1, 0.15) is 18.4 Å². The summed E-state index contributed by atoms with van der Waals surface area (Å²) in [6.45, 7) is 8.17. The Hall–Kier alpha value is -2.54. The van der Waals surface area contributed by atoms with Crippen LogP contribution in [0.4, 0.5) is 0 Å². The molecule has 1 aliphatic heterocycles. The maximum atomic E-state index is 11.5. The summed E-state index contributed by atoms with van der Waals surface area (Å²) in [7, 11) is 5.21. The number of ether oxygens (including phenoxy) is 2. The van der Waals surface area contributed by atoms with E-state index in [2.05, 4.69) is 17.2 Å². The number of methoxy groups -OCH3 is 1. The van der Waals surface area contributed by atoms with E-state index < -0.39 is 0 Å². The van der Waals surface area contributed by atoms with Gasteiger partial charge in [-0.05, 0) is 37.3 Å². The summed E-state index contributed by atoms with van der Waals surface area (Å²) in [5.74, 6) is 1.45. The van der Waals surface area contributed by atoms with Gasteiger partial charge < -0.3 is 20.1 Å². The molecular weight excluding hydrogens is 392 g/mol. The minimum absolute atomic E-state index is 0.0511. The molecule has 3 rings (SSSR count). The summed E-state index contributed by atoms with van der Waals surface area (Å²) in [6, 6.07) is 10.6. The van der Waals surface area contributed by atoms with E-state index in [1.54, 1.807) is 33.2 Å². The average molecular weight is 427 g/mol. The van der Waals surface area contributed by atoms with Gasteiger partial charge in [-0.25, -0.2) is 0 Å². The highest BCUT2D eigenvalue weighted by Crippen LogP contribution is 2.43. The molecule has 1 aliphatic carbocycles. The van der Waals surface area contributed by atoms with E-state index in [4.69, 9.17) is 9.47 Å². The average Bonchev–Trinajstić information content (AvgIpc) is 3.25. The van der Waals surface area contributed by atoms with Crippen LogP contribution in [0.2, 0.25) is 0 Å². The Balaban J connectivity index is 0.000000348. The number of fused-ring (bicyclic) bond motifs is 1. The molecule has 1 heterocycles. The third-order valence-electron chi connectivity index (χ3n) is 5.72. The largest absolute Gasteiger partial charge is 0.384 e. The van der Waals surface area contributed by atoms with Gasteiger partial charge in [-0.15, -0.1) is 0 Å². The highest BCUT2D eigenvalue weighted by atomic mass is 16.5. The third kappa shape index (κ3) is 6.99. The number of likely N-dealkylation sites (N-methyl/N-ethyl adjacent to an activating group) is 1. The molecule has 0 bridgehead atoms. The molecule has 1 amide bonds. The summed E-state index contributed by atoms with van der Waals surface area (Å²) in [5, 5.41) is 5.78. The van der Waals surface area contributed by atoms with Crippen molar-refractivity contribution in [3.63, 3.8) is 0 Å². The van der Waals surface area contributed by atoms with Crippen molar-refractivity contribution in [3.05, 3.63) is 71.3 Å².